The van der Waals surface area contributed by atoms with Crippen LogP contribution in [-0.2, 0) is 0 Å². The predicted molar refractivity (Wildman–Crippen MR) is 120 cm³/mol. The second kappa shape index (κ2) is 9.60. The Kier molecular flexibility index (Phi) is 6.46. The molecule has 2 heterocycles. The maximum absolute atomic E-state index is 13.3. The van der Waals surface area contributed by atoms with Crippen molar-refractivity contribution >= 4 is 11.8 Å². The van der Waals surface area contributed by atoms with Crippen LogP contribution in [0.5, 0.6) is 0 Å². The number of hydrogen-bond donors (Lipinski definition) is 0. The van der Waals surface area contributed by atoms with Gasteiger partial charge in [-0.15, -0.1) is 0 Å². The van der Waals surface area contributed by atoms with Crippen LogP contribution in [0.4, 0.5) is 0 Å². The van der Waals surface area contributed by atoms with Crippen molar-refractivity contribution in [2.45, 2.75) is 32.2 Å². The molecule has 1 aromatic heterocycles. The Balaban J connectivity index is 1.42. The number of rotatable bonds is 6. The van der Waals surface area contributed by atoms with E-state index in [0.29, 0.717) is 18.7 Å². The lowest BCUT2D eigenvalue weighted by Gasteiger charge is -2.38. The van der Waals surface area contributed by atoms with Crippen LogP contribution in [0.3, 0.4) is 0 Å². The SMILES string of the molecule is CCCN(C(=O)c1ccc(-n2cccn2)cc1)C1CCN(C(=O)c2ccccc2)CC1. The van der Waals surface area contributed by atoms with Gasteiger partial charge in [-0.2, -0.15) is 5.10 Å². The molecule has 6 heteroatoms. The van der Waals surface area contributed by atoms with Crippen LogP contribution >= 0.6 is 0 Å². The lowest BCUT2D eigenvalue weighted by Crippen LogP contribution is -2.49. The highest BCUT2D eigenvalue weighted by atomic mass is 16.2. The molecule has 0 radical (unpaired) electrons. The van der Waals surface area contributed by atoms with E-state index < -0.39 is 0 Å². The summed E-state index contributed by atoms with van der Waals surface area (Å²) in [4.78, 5) is 29.9. The highest BCUT2D eigenvalue weighted by Crippen LogP contribution is 2.21. The Morgan fingerprint density at radius 2 is 1.68 bits per heavy atom. The normalized spacial score (nSPS) is 14.4. The highest BCUT2D eigenvalue weighted by Gasteiger charge is 2.30. The maximum atomic E-state index is 13.3. The van der Waals surface area contributed by atoms with Gasteiger partial charge in [0.2, 0.25) is 0 Å². The zero-order chi connectivity index (χ0) is 21.6. The van der Waals surface area contributed by atoms with Crippen LogP contribution in [0.25, 0.3) is 5.69 Å². The van der Waals surface area contributed by atoms with Gasteiger partial charge >= 0.3 is 0 Å². The molecule has 160 valence electrons. The van der Waals surface area contributed by atoms with Gasteiger partial charge in [0.15, 0.2) is 0 Å². The molecule has 1 aliphatic rings. The minimum absolute atomic E-state index is 0.0571. The number of amides is 2. The number of carbonyl (C=O) groups is 2. The van der Waals surface area contributed by atoms with Crippen LogP contribution in [-0.4, -0.2) is 57.1 Å². The molecule has 0 unspecified atom stereocenters. The van der Waals surface area contributed by atoms with E-state index in [-0.39, 0.29) is 17.9 Å². The zero-order valence-electron chi connectivity index (χ0n) is 17.9. The Hall–Kier alpha value is -3.41. The monoisotopic (exact) mass is 416 g/mol. The van der Waals surface area contributed by atoms with Crippen molar-refractivity contribution in [2.24, 2.45) is 0 Å². The summed E-state index contributed by atoms with van der Waals surface area (Å²) in [6, 6.07) is 19.0. The maximum Gasteiger partial charge on any atom is 0.254 e. The lowest BCUT2D eigenvalue weighted by atomic mass is 10.0. The van der Waals surface area contributed by atoms with E-state index in [1.807, 2.05) is 76.7 Å². The second-order valence-electron chi connectivity index (χ2n) is 7.89. The molecule has 1 saturated heterocycles. The first-order valence-electron chi connectivity index (χ1n) is 10.9. The van der Waals surface area contributed by atoms with Gasteiger partial charge in [-0.05, 0) is 61.7 Å². The Bertz CT molecular complexity index is 992. The van der Waals surface area contributed by atoms with Gasteiger partial charge in [-0.1, -0.05) is 25.1 Å². The molecule has 31 heavy (non-hydrogen) atoms. The topological polar surface area (TPSA) is 58.4 Å². The standard InChI is InChI=1S/C25H28N4O2/c1-2-16-28(25(31)21-9-11-23(12-10-21)29-17-6-15-26-29)22-13-18-27(19-14-22)24(30)20-7-4-3-5-8-20/h3-12,15,17,22H,2,13-14,16,18-19H2,1H3. The molecule has 1 fully saturated rings. The Morgan fingerprint density at radius 1 is 0.968 bits per heavy atom. The van der Waals surface area contributed by atoms with Gasteiger partial charge in [0.25, 0.3) is 11.8 Å². The molecule has 0 N–H and O–H groups in total. The van der Waals surface area contributed by atoms with Gasteiger partial charge in [0, 0.05) is 49.2 Å². The zero-order valence-corrected chi connectivity index (χ0v) is 17.9. The van der Waals surface area contributed by atoms with Crippen molar-refractivity contribution in [1.82, 2.24) is 19.6 Å². The molecule has 0 bridgehead atoms. The van der Waals surface area contributed by atoms with Gasteiger partial charge in [-0.3, -0.25) is 9.59 Å². The average Bonchev–Trinajstić information content (AvgIpc) is 3.38. The predicted octanol–water partition coefficient (Wildman–Crippen LogP) is 4.03. The summed E-state index contributed by atoms with van der Waals surface area (Å²) in [5, 5.41) is 4.23. The van der Waals surface area contributed by atoms with E-state index in [2.05, 4.69) is 12.0 Å². The van der Waals surface area contributed by atoms with Gasteiger partial charge in [-0.25, -0.2) is 4.68 Å². The molecule has 0 spiro atoms. The molecule has 1 aliphatic heterocycles. The minimum atomic E-state index is 0.0571. The molecule has 0 atom stereocenters. The number of carbonyl (C=O) groups excluding carboxylic acids is 2. The van der Waals surface area contributed by atoms with Crippen LogP contribution in [0, 0.1) is 0 Å². The van der Waals surface area contributed by atoms with Crippen molar-refractivity contribution in [1.29, 1.82) is 0 Å². The number of nitrogens with zero attached hydrogens (tertiary/aromatic N) is 4. The van der Waals surface area contributed by atoms with Crippen molar-refractivity contribution in [3.8, 4) is 5.69 Å². The summed E-state index contributed by atoms with van der Waals surface area (Å²) in [5.41, 5.74) is 2.34. The fourth-order valence-electron chi connectivity index (χ4n) is 4.18. The fourth-order valence-corrected chi connectivity index (χ4v) is 4.18. The third-order valence-corrected chi connectivity index (χ3v) is 5.82. The Labute approximate surface area is 183 Å². The average molecular weight is 417 g/mol. The Morgan fingerprint density at radius 3 is 2.29 bits per heavy atom. The molecule has 4 rings (SSSR count). The first-order valence-corrected chi connectivity index (χ1v) is 10.9. The van der Waals surface area contributed by atoms with E-state index in [1.54, 1.807) is 10.9 Å². The van der Waals surface area contributed by atoms with Crippen LogP contribution in [0.1, 0.15) is 46.9 Å². The van der Waals surface area contributed by atoms with E-state index in [0.717, 1.165) is 37.1 Å². The molecule has 2 aromatic carbocycles. The smallest absolute Gasteiger partial charge is 0.254 e. The number of aromatic nitrogens is 2. The number of likely N-dealkylation sites (tertiary alicyclic amines) is 1. The van der Waals surface area contributed by atoms with E-state index in [4.69, 9.17) is 0 Å². The first kappa shape index (κ1) is 20.8. The van der Waals surface area contributed by atoms with Crippen LogP contribution < -0.4 is 0 Å². The molecule has 0 aliphatic carbocycles. The molecular weight excluding hydrogens is 388 g/mol. The van der Waals surface area contributed by atoms with Crippen molar-refractivity contribution < 1.29 is 9.59 Å². The van der Waals surface area contributed by atoms with Gasteiger partial charge in [0.05, 0.1) is 5.69 Å². The van der Waals surface area contributed by atoms with Crippen LogP contribution in [0.2, 0.25) is 0 Å². The molecule has 0 saturated carbocycles. The minimum Gasteiger partial charge on any atom is -0.338 e. The number of hydrogen-bond acceptors (Lipinski definition) is 3. The summed E-state index contributed by atoms with van der Waals surface area (Å²) in [5.74, 6) is 0.128. The molecule has 2 amide bonds. The van der Waals surface area contributed by atoms with Crippen molar-refractivity contribution in [2.75, 3.05) is 19.6 Å². The summed E-state index contributed by atoms with van der Waals surface area (Å²) in [6.45, 7) is 4.15. The quantitative estimate of drug-likeness (QED) is 0.610. The van der Waals surface area contributed by atoms with Gasteiger partial charge < -0.3 is 9.80 Å². The number of benzene rings is 2. The number of piperidine rings is 1. The summed E-state index contributed by atoms with van der Waals surface area (Å²) >= 11 is 0. The summed E-state index contributed by atoms with van der Waals surface area (Å²) in [6.07, 6.45) is 6.12. The third-order valence-electron chi connectivity index (χ3n) is 5.82. The molecule has 6 nitrogen and oxygen atoms in total. The second-order valence-corrected chi connectivity index (χ2v) is 7.89. The third kappa shape index (κ3) is 4.68. The highest BCUT2D eigenvalue weighted by molar-refractivity contribution is 5.95. The fraction of sp³-hybridized carbons (Fsp3) is 0.320. The summed E-state index contributed by atoms with van der Waals surface area (Å²) in [7, 11) is 0. The van der Waals surface area contributed by atoms with Crippen molar-refractivity contribution in [3.05, 3.63) is 84.2 Å². The van der Waals surface area contributed by atoms with E-state index in [9.17, 15) is 9.59 Å². The molecule has 3 aromatic rings. The van der Waals surface area contributed by atoms with Crippen LogP contribution in [0.15, 0.2) is 73.1 Å². The van der Waals surface area contributed by atoms with Crippen molar-refractivity contribution in [3.63, 3.8) is 0 Å². The van der Waals surface area contributed by atoms with E-state index in [1.165, 1.54) is 0 Å². The first-order chi connectivity index (χ1) is 15.2. The van der Waals surface area contributed by atoms with Gasteiger partial charge in [0.1, 0.15) is 0 Å². The van der Waals surface area contributed by atoms with E-state index >= 15 is 0 Å². The molecular formula is C25H28N4O2. The lowest BCUT2D eigenvalue weighted by molar-refractivity contribution is 0.0519. The largest absolute Gasteiger partial charge is 0.338 e. The summed E-state index contributed by atoms with van der Waals surface area (Å²) < 4.78 is 1.78.